The highest BCUT2D eigenvalue weighted by Crippen LogP contribution is 2.28. The molecule has 1 aromatic heterocycles. The zero-order chi connectivity index (χ0) is 18.6. The summed E-state index contributed by atoms with van der Waals surface area (Å²) in [5.74, 6) is 0.716. The zero-order valence-corrected chi connectivity index (χ0v) is 16.0. The minimum Gasteiger partial charge on any atom is -0.493 e. The SMILES string of the molecule is COc1ccc(C(=O)NCc2ccc(S(=O)(=O)N(C)C)s2)cc1OC. The van der Waals surface area contributed by atoms with Crippen LogP contribution in [0.25, 0.3) is 0 Å². The van der Waals surface area contributed by atoms with Crippen molar-refractivity contribution in [2.75, 3.05) is 28.3 Å². The monoisotopic (exact) mass is 384 g/mol. The van der Waals surface area contributed by atoms with Gasteiger partial charge in [0.25, 0.3) is 15.9 Å². The average molecular weight is 384 g/mol. The molecular weight excluding hydrogens is 364 g/mol. The molecule has 0 fully saturated rings. The molecule has 25 heavy (non-hydrogen) atoms. The van der Waals surface area contributed by atoms with Gasteiger partial charge >= 0.3 is 0 Å². The summed E-state index contributed by atoms with van der Waals surface area (Å²) in [6.07, 6.45) is 0. The van der Waals surface area contributed by atoms with Crippen LogP contribution >= 0.6 is 11.3 Å². The third kappa shape index (κ3) is 4.30. The van der Waals surface area contributed by atoms with Crippen LogP contribution in [0.4, 0.5) is 0 Å². The number of hydrogen-bond acceptors (Lipinski definition) is 6. The Morgan fingerprint density at radius 1 is 1.12 bits per heavy atom. The van der Waals surface area contributed by atoms with E-state index in [0.717, 1.165) is 20.5 Å². The number of thiophene rings is 1. The molecule has 7 nitrogen and oxygen atoms in total. The quantitative estimate of drug-likeness (QED) is 0.789. The molecule has 0 atom stereocenters. The summed E-state index contributed by atoms with van der Waals surface area (Å²) in [7, 11) is 2.52. The number of rotatable bonds is 7. The van der Waals surface area contributed by atoms with E-state index in [0.29, 0.717) is 17.1 Å². The third-order valence-corrected chi connectivity index (χ3v) is 6.81. The Bertz CT molecular complexity index is 859. The van der Waals surface area contributed by atoms with Crippen molar-refractivity contribution < 1.29 is 22.7 Å². The Morgan fingerprint density at radius 3 is 2.40 bits per heavy atom. The number of benzene rings is 1. The smallest absolute Gasteiger partial charge is 0.252 e. The number of methoxy groups -OCH3 is 2. The molecule has 0 radical (unpaired) electrons. The molecule has 0 aliphatic carbocycles. The van der Waals surface area contributed by atoms with E-state index in [4.69, 9.17) is 9.47 Å². The van der Waals surface area contributed by atoms with Crippen molar-refractivity contribution in [3.05, 3.63) is 40.8 Å². The minimum absolute atomic E-state index is 0.237. The van der Waals surface area contributed by atoms with Gasteiger partial charge in [-0.1, -0.05) is 0 Å². The topological polar surface area (TPSA) is 84.9 Å². The van der Waals surface area contributed by atoms with Crippen molar-refractivity contribution in [2.24, 2.45) is 0 Å². The predicted molar refractivity (Wildman–Crippen MR) is 95.9 cm³/mol. The fourth-order valence-corrected chi connectivity index (χ4v) is 4.48. The molecule has 136 valence electrons. The van der Waals surface area contributed by atoms with Gasteiger partial charge in [-0.2, -0.15) is 0 Å². The normalized spacial score (nSPS) is 11.4. The van der Waals surface area contributed by atoms with Gasteiger partial charge in [0, 0.05) is 24.5 Å². The molecule has 2 rings (SSSR count). The Kier molecular flexibility index (Phi) is 6.04. The van der Waals surface area contributed by atoms with Gasteiger partial charge < -0.3 is 14.8 Å². The number of ether oxygens (including phenoxy) is 2. The standard InChI is InChI=1S/C16H20N2O5S2/c1-18(2)25(20,21)15-8-6-12(24-15)10-17-16(19)11-5-7-13(22-3)14(9-11)23-4/h5-9H,10H2,1-4H3,(H,17,19). The summed E-state index contributed by atoms with van der Waals surface area (Å²) in [4.78, 5) is 13.0. The van der Waals surface area contributed by atoms with Crippen LogP contribution in [-0.2, 0) is 16.6 Å². The predicted octanol–water partition coefficient (Wildman–Crippen LogP) is 1.95. The highest BCUT2D eigenvalue weighted by Gasteiger charge is 2.19. The average Bonchev–Trinajstić information content (AvgIpc) is 3.08. The van der Waals surface area contributed by atoms with Crippen LogP contribution in [0.15, 0.2) is 34.5 Å². The van der Waals surface area contributed by atoms with Crippen LogP contribution in [0.5, 0.6) is 11.5 Å². The first-order valence-electron chi connectivity index (χ1n) is 7.31. The maximum atomic E-state index is 12.3. The largest absolute Gasteiger partial charge is 0.493 e. The second kappa shape index (κ2) is 7.85. The third-order valence-electron chi connectivity index (χ3n) is 3.44. The molecule has 0 aliphatic heterocycles. The lowest BCUT2D eigenvalue weighted by molar-refractivity contribution is 0.0951. The first kappa shape index (κ1) is 19.2. The molecule has 1 heterocycles. The molecular formula is C16H20N2O5S2. The fraction of sp³-hybridized carbons (Fsp3) is 0.312. The van der Waals surface area contributed by atoms with Crippen molar-refractivity contribution in [2.45, 2.75) is 10.8 Å². The summed E-state index contributed by atoms with van der Waals surface area (Å²) in [6, 6.07) is 8.10. The van der Waals surface area contributed by atoms with E-state index >= 15 is 0 Å². The van der Waals surface area contributed by atoms with Gasteiger partial charge in [0.15, 0.2) is 11.5 Å². The van der Waals surface area contributed by atoms with E-state index < -0.39 is 10.0 Å². The minimum atomic E-state index is -3.45. The summed E-state index contributed by atoms with van der Waals surface area (Å²) < 4.78 is 35.8. The van der Waals surface area contributed by atoms with E-state index in [1.807, 2.05) is 0 Å². The number of amides is 1. The number of nitrogens with one attached hydrogen (secondary N) is 1. The zero-order valence-electron chi connectivity index (χ0n) is 14.4. The van der Waals surface area contributed by atoms with Gasteiger partial charge in [0.2, 0.25) is 0 Å². The Labute approximate surface area is 151 Å². The van der Waals surface area contributed by atoms with Gasteiger partial charge in [0.1, 0.15) is 4.21 Å². The van der Waals surface area contributed by atoms with Gasteiger partial charge in [-0.3, -0.25) is 4.79 Å². The van der Waals surface area contributed by atoms with Crippen molar-refractivity contribution >= 4 is 27.3 Å². The van der Waals surface area contributed by atoms with Gasteiger partial charge in [0.05, 0.1) is 20.8 Å². The van der Waals surface area contributed by atoms with Gasteiger partial charge in [-0.05, 0) is 30.3 Å². The number of carbonyl (C=O) groups excluding carboxylic acids is 1. The second-order valence-corrected chi connectivity index (χ2v) is 8.81. The maximum absolute atomic E-state index is 12.3. The molecule has 1 amide bonds. The summed E-state index contributed by atoms with van der Waals surface area (Å²) >= 11 is 1.13. The number of carbonyl (C=O) groups is 1. The second-order valence-electron chi connectivity index (χ2n) is 5.26. The molecule has 9 heteroatoms. The van der Waals surface area contributed by atoms with Crippen molar-refractivity contribution in [1.29, 1.82) is 0 Å². The van der Waals surface area contributed by atoms with Crippen LogP contribution in [0.1, 0.15) is 15.2 Å². The van der Waals surface area contributed by atoms with E-state index in [1.54, 1.807) is 24.3 Å². The van der Waals surface area contributed by atoms with E-state index in [1.165, 1.54) is 34.4 Å². The molecule has 0 aliphatic rings. The lowest BCUT2D eigenvalue weighted by atomic mass is 10.2. The maximum Gasteiger partial charge on any atom is 0.252 e. The van der Waals surface area contributed by atoms with Gasteiger partial charge in [-0.15, -0.1) is 11.3 Å². The first-order valence-corrected chi connectivity index (χ1v) is 9.56. The molecule has 2 aromatic rings. The first-order chi connectivity index (χ1) is 11.8. The van der Waals surface area contributed by atoms with Crippen LogP contribution in [0.3, 0.4) is 0 Å². The number of sulfonamides is 1. The lowest BCUT2D eigenvalue weighted by Crippen LogP contribution is -2.22. The highest BCUT2D eigenvalue weighted by molar-refractivity contribution is 7.91. The summed E-state index contributed by atoms with van der Waals surface area (Å²) in [5.41, 5.74) is 0.426. The number of hydrogen-bond donors (Lipinski definition) is 1. The Morgan fingerprint density at radius 2 is 1.80 bits per heavy atom. The molecule has 0 bridgehead atoms. The van der Waals surface area contributed by atoms with Crippen LogP contribution in [0.2, 0.25) is 0 Å². The van der Waals surface area contributed by atoms with Crippen molar-refractivity contribution in [3.8, 4) is 11.5 Å². The van der Waals surface area contributed by atoms with Crippen LogP contribution in [0, 0.1) is 0 Å². The molecule has 0 saturated heterocycles. The lowest BCUT2D eigenvalue weighted by Gasteiger charge is -2.10. The van der Waals surface area contributed by atoms with E-state index in [-0.39, 0.29) is 16.7 Å². The molecule has 0 unspecified atom stereocenters. The van der Waals surface area contributed by atoms with Crippen molar-refractivity contribution in [1.82, 2.24) is 9.62 Å². The Hall–Kier alpha value is -2.10. The van der Waals surface area contributed by atoms with E-state index in [9.17, 15) is 13.2 Å². The van der Waals surface area contributed by atoms with Crippen molar-refractivity contribution in [3.63, 3.8) is 0 Å². The fourth-order valence-electron chi connectivity index (χ4n) is 2.02. The molecule has 0 saturated carbocycles. The number of nitrogens with zero attached hydrogens (tertiary/aromatic N) is 1. The Balaban J connectivity index is 2.07. The van der Waals surface area contributed by atoms with Crippen LogP contribution in [-0.4, -0.2) is 46.9 Å². The molecule has 0 spiro atoms. The highest BCUT2D eigenvalue weighted by atomic mass is 32.2. The molecule has 1 N–H and O–H groups in total. The van der Waals surface area contributed by atoms with E-state index in [2.05, 4.69) is 5.32 Å². The van der Waals surface area contributed by atoms with Crippen LogP contribution < -0.4 is 14.8 Å². The summed E-state index contributed by atoms with van der Waals surface area (Å²) in [6.45, 7) is 0.237. The summed E-state index contributed by atoms with van der Waals surface area (Å²) in [5, 5.41) is 2.76. The molecule has 1 aromatic carbocycles. The van der Waals surface area contributed by atoms with Gasteiger partial charge in [-0.25, -0.2) is 12.7 Å².